The van der Waals surface area contributed by atoms with Gasteiger partial charge in [-0.2, -0.15) is 8.78 Å². The van der Waals surface area contributed by atoms with Gasteiger partial charge in [-0.25, -0.2) is 0 Å². The minimum Gasteiger partial charge on any atom is -0.173 e. The highest BCUT2D eigenvalue weighted by Crippen LogP contribution is 1.97. The predicted octanol–water partition coefficient (Wildman–Crippen LogP) is 3.16. The monoisotopic (exact) mass is 157 g/mol. The van der Waals surface area contributed by atoms with E-state index in [0.29, 0.717) is 12.5 Å². The molecule has 0 aromatic carbocycles. The van der Waals surface area contributed by atoms with E-state index in [4.69, 9.17) is 0 Å². The number of unbranched alkanes of at least 4 members (excludes halogenated alkanes) is 3. The third-order valence-electron chi connectivity index (χ3n) is 1.09. The van der Waals surface area contributed by atoms with Crippen LogP contribution in [0.4, 0.5) is 8.78 Å². The Morgan fingerprint density at radius 1 is 1.36 bits per heavy atom. The minimum atomic E-state index is -1.73. The summed E-state index contributed by atoms with van der Waals surface area (Å²) >= 11 is 0. The Balaban J connectivity index is 3.34. The zero-order valence-electron chi connectivity index (χ0n) is 6.37. The molecule has 0 fully saturated rings. The van der Waals surface area contributed by atoms with E-state index in [2.05, 4.69) is 18.8 Å². The van der Waals surface area contributed by atoms with Crippen LogP contribution in [0, 0.1) is 18.8 Å². The van der Waals surface area contributed by atoms with Crippen LogP contribution < -0.4 is 0 Å². The highest BCUT2D eigenvalue weighted by Gasteiger charge is 1.81. The Morgan fingerprint density at radius 2 is 2.09 bits per heavy atom. The number of hydrogen-bond acceptors (Lipinski definition) is 0. The minimum absolute atomic E-state index is 0.629. The summed E-state index contributed by atoms with van der Waals surface area (Å²) < 4.78 is 22.7. The van der Waals surface area contributed by atoms with Gasteiger partial charge in [0, 0.05) is 6.42 Å². The molecular weight excluding hydrogens is 146 g/mol. The molecule has 2 heteroatoms. The normalized spacial score (nSPS) is 8.27. The highest BCUT2D eigenvalue weighted by atomic mass is 19.3. The molecule has 0 aliphatic rings. The highest BCUT2D eigenvalue weighted by molar-refractivity contribution is 5.15. The maximum atomic E-state index is 11.4. The molecule has 0 aromatic rings. The first kappa shape index (κ1) is 10.2. The zero-order valence-corrected chi connectivity index (χ0v) is 6.37. The van der Waals surface area contributed by atoms with Crippen LogP contribution in [-0.2, 0) is 0 Å². The van der Waals surface area contributed by atoms with Crippen LogP contribution in [0.3, 0.4) is 0 Å². The third kappa shape index (κ3) is 9.16. The van der Waals surface area contributed by atoms with Crippen LogP contribution >= 0.6 is 0 Å². The molecule has 0 saturated carbocycles. The second kappa shape index (κ2) is 7.27. The topological polar surface area (TPSA) is 0 Å². The fourth-order valence-electron chi connectivity index (χ4n) is 0.568. The predicted molar refractivity (Wildman–Crippen MR) is 41.9 cm³/mol. The fraction of sp³-hybridized carbons (Fsp3) is 0.444. The second-order valence-electron chi connectivity index (χ2n) is 2.07. The third-order valence-corrected chi connectivity index (χ3v) is 1.09. The molecule has 61 valence electrons. The molecule has 0 amide bonds. The molecule has 0 aliphatic carbocycles. The van der Waals surface area contributed by atoms with Gasteiger partial charge in [0.1, 0.15) is 0 Å². The first-order valence-electron chi connectivity index (χ1n) is 3.56. The Bertz CT molecular complexity index is 168. The average molecular weight is 157 g/mol. The summed E-state index contributed by atoms with van der Waals surface area (Å²) in [7, 11) is 0. The van der Waals surface area contributed by atoms with E-state index >= 15 is 0 Å². The lowest BCUT2D eigenvalue weighted by atomic mass is 10.2. The summed E-state index contributed by atoms with van der Waals surface area (Å²) in [4.78, 5) is 0. The van der Waals surface area contributed by atoms with Gasteiger partial charge < -0.3 is 0 Å². The van der Waals surface area contributed by atoms with Crippen molar-refractivity contribution in [2.24, 2.45) is 0 Å². The number of allylic oxidation sites excluding steroid dienone is 1. The molecule has 0 atom stereocenters. The summed E-state index contributed by atoms with van der Waals surface area (Å²) in [6.45, 7) is 3.65. The molecule has 0 aromatic heterocycles. The largest absolute Gasteiger partial charge is 0.278 e. The van der Waals surface area contributed by atoms with Crippen molar-refractivity contribution in [3.8, 4) is 11.8 Å². The van der Waals surface area contributed by atoms with Crippen molar-refractivity contribution in [2.45, 2.75) is 25.7 Å². The molecule has 0 unspecified atom stereocenters. The van der Waals surface area contributed by atoms with Crippen molar-refractivity contribution in [3.63, 3.8) is 0 Å². The Morgan fingerprint density at radius 3 is 2.64 bits per heavy atom. The SMILES string of the molecule is [CH2]CCCCC#CC=C(F)F. The van der Waals surface area contributed by atoms with Gasteiger partial charge in [0.15, 0.2) is 0 Å². The lowest BCUT2D eigenvalue weighted by molar-refractivity contribution is 0.422. The maximum absolute atomic E-state index is 11.4. The van der Waals surface area contributed by atoms with Crippen molar-refractivity contribution >= 4 is 0 Å². The Hall–Kier alpha value is -0.840. The maximum Gasteiger partial charge on any atom is 0.278 e. The van der Waals surface area contributed by atoms with Crippen molar-refractivity contribution in [1.82, 2.24) is 0 Å². The van der Waals surface area contributed by atoms with Gasteiger partial charge in [-0.05, 0) is 6.42 Å². The summed E-state index contributed by atoms with van der Waals surface area (Å²) in [6.07, 6.45) is 2.42. The van der Waals surface area contributed by atoms with E-state index in [-0.39, 0.29) is 0 Å². The van der Waals surface area contributed by atoms with E-state index in [9.17, 15) is 8.78 Å². The van der Waals surface area contributed by atoms with E-state index in [1.54, 1.807) is 0 Å². The molecule has 0 nitrogen and oxygen atoms in total. The van der Waals surface area contributed by atoms with Crippen molar-refractivity contribution < 1.29 is 8.78 Å². The van der Waals surface area contributed by atoms with Gasteiger partial charge >= 0.3 is 0 Å². The van der Waals surface area contributed by atoms with Crippen molar-refractivity contribution in [3.05, 3.63) is 19.1 Å². The van der Waals surface area contributed by atoms with Gasteiger partial charge in [-0.3, -0.25) is 0 Å². The van der Waals surface area contributed by atoms with Gasteiger partial charge in [-0.15, -0.1) is 0 Å². The van der Waals surface area contributed by atoms with Gasteiger partial charge in [0.2, 0.25) is 0 Å². The molecule has 11 heavy (non-hydrogen) atoms. The summed E-state index contributed by atoms with van der Waals surface area (Å²) in [5.41, 5.74) is 0. The van der Waals surface area contributed by atoms with Crippen LogP contribution in [-0.4, -0.2) is 0 Å². The second-order valence-corrected chi connectivity index (χ2v) is 2.07. The van der Waals surface area contributed by atoms with E-state index in [1.165, 1.54) is 0 Å². The standard InChI is InChI=1S/C9H11F2/c1-2-3-4-5-6-7-8-9(10)11/h8H,1-5H2. The van der Waals surface area contributed by atoms with Crippen LogP contribution in [0.5, 0.6) is 0 Å². The molecule has 0 spiro atoms. The number of rotatable bonds is 3. The Labute approximate surface area is 66.3 Å². The molecule has 0 rings (SSSR count). The van der Waals surface area contributed by atoms with Crippen LogP contribution in [0.2, 0.25) is 0 Å². The van der Waals surface area contributed by atoms with Gasteiger partial charge in [0.25, 0.3) is 6.08 Å². The first-order valence-corrected chi connectivity index (χ1v) is 3.56. The van der Waals surface area contributed by atoms with E-state index in [0.717, 1.165) is 19.3 Å². The quantitative estimate of drug-likeness (QED) is 0.436. The molecule has 1 radical (unpaired) electrons. The molecule has 0 bridgehead atoms. The van der Waals surface area contributed by atoms with E-state index in [1.807, 2.05) is 0 Å². The lowest BCUT2D eigenvalue weighted by Crippen LogP contribution is -1.70. The zero-order chi connectivity index (χ0) is 8.53. The summed E-state index contributed by atoms with van der Waals surface area (Å²) in [5.74, 6) is 4.88. The summed E-state index contributed by atoms with van der Waals surface area (Å²) in [5, 5.41) is 0. The molecule has 0 saturated heterocycles. The molecule has 0 N–H and O–H groups in total. The molecule has 0 aliphatic heterocycles. The van der Waals surface area contributed by atoms with Crippen LogP contribution in [0.25, 0.3) is 0 Å². The average Bonchev–Trinajstić information content (AvgIpc) is 1.96. The number of halogens is 2. The number of hydrogen-bond donors (Lipinski definition) is 0. The Kier molecular flexibility index (Phi) is 6.71. The van der Waals surface area contributed by atoms with Crippen LogP contribution in [0.15, 0.2) is 12.2 Å². The van der Waals surface area contributed by atoms with Gasteiger partial charge in [-0.1, -0.05) is 31.6 Å². The van der Waals surface area contributed by atoms with Gasteiger partial charge in [0.05, 0.1) is 6.08 Å². The first-order chi connectivity index (χ1) is 5.27. The lowest BCUT2D eigenvalue weighted by Gasteiger charge is -1.86. The van der Waals surface area contributed by atoms with Crippen LogP contribution in [0.1, 0.15) is 25.7 Å². The van der Waals surface area contributed by atoms with E-state index < -0.39 is 6.08 Å². The smallest absolute Gasteiger partial charge is 0.173 e. The molecule has 0 heterocycles. The fourth-order valence-corrected chi connectivity index (χ4v) is 0.568. The molecular formula is C9H11F2. The van der Waals surface area contributed by atoms with Crippen molar-refractivity contribution in [2.75, 3.05) is 0 Å². The van der Waals surface area contributed by atoms with Crippen molar-refractivity contribution in [1.29, 1.82) is 0 Å². The summed E-state index contributed by atoms with van der Waals surface area (Å²) in [6, 6.07) is 0.